The Morgan fingerprint density at radius 1 is 1.23 bits per heavy atom. The highest BCUT2D eigenvalue weighted by atomic mass is 16.4. The maximum Gasteiger partial charge on any atom is 0.230 e. The van der Waals surface area contributed by atoms with Crippen molar-refractivity contribution >= 4 is 16.7 Å². The fourth-order valence-electron chi connectivity index (χ4n) is 3.58. The summed E-state index contributed by atoms with van der Waals surface area (Å²) in [7, 11) is 1.96. The number of aryl methyl sites for hydroxylation is 2. The molecule has 0 saturated carbocycles. The van der Waals surface area contributed by atoms with Crippen molar-refractivity contribution < 1.29 is 9.52 Å². The van der Waals surface area contributed by atoms with Gasteiger partial charge in [-0.3, -0.25) is 4.90 Å². The molecule has 136 valence electrons. The first-order valence-electron chi connectivity index (χ1n) is 8.65. The van der Waals surface area contributed by atoms with E-state index < -0.39 is 6.10 Å². The zero-order chi connectivity index (χ0) is 18.3. The van der Waals surface area contributed by atoms with E-state index in [0.29, 0.717) is 31.4 Å². The number of β-amino-alcohol motifs (C(OH)–C–C–N with tert-alkyl or cyclic N) is 1. The molecule has 1 N–H and O–H groups in total. The fraction of sp³-hybridized carbons (Fsp3) is 0.444. The van der Waals surface area contributed by atoms with Gasteiger partial charge in [0.15, 0.2) is 0 Å². The molecule has 1 aromatic carbocycles. The molecule has 1 fully saturated rings. The van der Waals surface area contributed by atoms with Crippen LogP contribution in [0.1, 0.15) is 17.3 Å². The number of fused-ring (bicyclic) bond motifs is 1. The largest absolute Gasteiger partial charge is 0.424 e. The summed E-state index contributed by atoms with van der Waals surface area (Å²) in [5.41, 5.74) is 2.07. The molecule has 1 aliphatic rings. The van der Waals surface area contributed by atoms with Gasteiger partial charge in [-0.25, -0.2) is 9.97 Å². The number of aromatic nitrogens is 4. The molecule has 0 aliphatic carbocycles. The summed E-state index contributed by atoms with van der Waals surface area (Å²) < 4.78 is 5.45. The Balaban J connectivity index is 1.56. The van der Waals surface area contributed by atoms with Crippen LogP contribution in [0.15, 0.2) is 28.9 Å². The van der Waals surface area contributed by atoms with Gasteiger partial charge in [0.2, 0.25) is 11.8 Å². The summed E-state index contributed by atoms with van der Waals surface area (Å²) in [6.07, 6.45) is 1.11. The lowest BCUT2D eigenvalue weighted by atomic mass is 10.1. The number of nitrogens with zero attached hydrogens (tertiary/aromatic N) is 6. The number of aliphatic hydroxyl groups excluding tert-OH is 1. The van der Waals surface area contributed by atoms with E-state index in [0.717, 1.165) is 22.3 Å². The topological polar surface area (TPSA) is 91.4 Å². The molecule has 0 amide bonds. The average molecular weight is 354 g/mol. The normalized spacial score (nSPS) is 20.4. The molecule has 1 aliphatic heterocycles. The molecule has 3 heterocycles. The highest BCUT2D eigenvalue weighted by Gasteiger charge is 2.35. The van der Waals surface area contributed by atoms with Crippen molar-refractivity contribution in [3.8, 4) is 0 Å². The van der Waals surface area contributed by atoms with Gasteiger partial charge < -0.3 is 14.4 Å². The van der Waals surface area contributed by atoms with E-state index in [9.17, 15) is 5.11 Å². The molecular weight excluding hydrogens is 332 g/mol. The molecule has 0 unspecified atom stereocenters. The monoisotopic (exact) mass is 354 g/mol. The summed E-state index contributed by atoms with van der Waals surface area (Å²) >= 11 is 0. The van der Waals surface area contributed by atoms with Crippen LogP contribution >= 0.6 is 0 Å². The van der Waals surface area contributed by atoms with Gasteiger partial charge >= 0.3 is 0 Å². The summed E-state index contributed by atoms with van der Waals surface area (Å²) in [6, 6.07) is 6.04. The van der Waals surface area contributed by atoms with Gasteiger partial charge in [0, 0.05) is 25.4 Å². The Morgan fingerprint density at radius 3 is 2.85 bits per heavy atom. The van der Waals surface area contributed by atoms with E-state index in [1.807, 2.05) is 37.1 Å². The van der Waals surface area contributed by atoms with Gasteiger partial charge in [-0.2, -0.15) is 0 Å². The Hall–Kier alpha value is -2.58. The van der Waals surface area contributed by atoms with Gasteiger partial charge in [-0.15, -0.1) is 10.2 Å². The summed E-state index contributed by atoms with van der Waals surface area (Å²) in [5.74, 6) is 1.96. The Morgan fingerprint density at radius 2 is 2.08 bits per heavy atom. The summed E-state index contributed by atoms with van der Waals surface area (Å²) in [6.45, 7) is 5.51. The Kier molecular flexibility index (Phi) is 4.29. The number of likely N-dealkylation sites (N-methyl/N-ethyl adjacent to an activating group) is 1. The first-order chi connectivity index (χ1) is 12.5. The van der Waals surface area contributed by atoms with E-state index in [1.165, 1.54) is 0 Å². The molecule has 3 aromatic rings. The number of aliphatic hydroxyl groups is 1. The molecule has 2 aromatic heterocycles. The quantitative estimate of drug-likeness (QED) is 0.750. The van der Waals surface area contributed by atoms with Crippen molar-refractivity contribution in [2.24, 2.45) is 0 Å². The summed E-state index contributed by atoms with van der Waals surface area (Å²) in [4.78, 5) is 13.1. The third-order valence-corrected chi connectivity index (χ3v) is 4.92. The molecule has 1 saturated heterocycles. The van der Waals surface area contributed by atoms with E-state index in [4.69, 9.17) is 4.42 Å². The van der Waals surface area contributed by atoms with Crippen molar-refractivity contribution in [3.05, 3.63) is 41.9 Å². The average Bonchev–Trinajstić information content (AvgIpc) is 3.20. The number of rotatable bonds is 4. The van der Waals surface area contributed by atoms with Gasteiger partial charge in [0.05, 0.1) is 24.2 Å². The molecule has 8 nitrogen and oxygen atoms in total. The first kappa shape index (κ1) is 16.9. The van der Waals surface area contributed by atoms with Crippen LogP contribution in [0.4, 0.5) is 5.82 Å². The van der Waals surface area contributed by atoms with E-state index in [2.05, 4.69) is 25.1 Å². The van der Waals surface area contributed by atoms with Crippen molar-refractivity contribution in [2.75, 3.05) is 25.0 Å². The zero-order valence-corrected chi connectivity index (χ0v) is 15.1. The smallest absolute Gasteiger partial charge is 0.230 e. The minimum atomic E-state index is -0.487. The second kappa shape index (κ2) is 6.62. The standard InChI is InChI=1S/C18H22N6O2/c1-11-5-4-6-13-17(11)19-10-20-18(13)24-7-14(15(25)8-24)23(3)9-16-22-21-12(2)26-16/h4-6,10,14-15,25H,7-9H2,1-3H3/t14-,15+/m0/s1. The number of hydrogen-bond donors (Lipinski definition) is 1. The lowest BCUT2D eigenvalue weighted by molar-refractivity contribution is 0.0903. The molecule has 4 rings (SSSR count). The molecule has 2 atom stereocenters. The van der Waals surface area contributed by atoms with E-state index in [-0.39, 0.29) is 6.04 Å². The van der Waals surface area contributed by atoms with Crippen LogP contribution in [0.5, 0.6) is 0 Å². The van der Waals surface area contributed by atoms with Crippen LogP contribution in [-0.2, 0) is 6.54 Å². The highest BCUT2D eigenvalue weighted by molar-refractivity contribution is 5.91. The predicted molar refractivity (Wildman–Crippen MR) is 96.8 cm³/mol. The number of benzene rings is 1. The van der Waals surface area contributed by atoms with Crippen molar-refractivity contribution in [1.82, 2.24) is 25.1 Å². The second-order valence-electron chi connectivity index (χ2n) is 6.84. The molecule has 0 radical (unpaired) electrons. The third kappa shape index (κ3) is 3.02. The van der Waals surface area contributed by atoms with E-state index in [1.54, 1.807) is 13.3 Å². The fourth-order valence-corrected chi connectivity index (χ4v) is 3.58. The predicted octanol–water partition coefficient (Wildman–Crippen LogP) is 1.31. The van der Waals surface area contributed by atoms with Crippen LogP contribution in [0, 0.1) is 13.8 Å². The van der Waals surface area contributed by atoms with Gasteiger partial charge in [0.25, 0.3) is 0 Å². The Labute approximate surface area is 151 Å². The van der Waals surface area contributed by atoms with Crippen LogP contribution in [0.25, 0.3) is 10.9 Å². The Bertz CT molecular complexity index is 927. The van der Waals surface area contributed by atoms with Gasteiger partial charge in [-0.1, -0.05) is 12.1 Å². The van der Waals surface area contributed by atoms with Crippen LogP contribution < -0.4 is 4.90 Å². The SMILES string of the molecule is Cc1nnc(CN(C)[C@H]2CN(c3ncnc4c(C)cccc34)C[C@H]2O)o1. The number of hydrogen-bond acceptors (Lipinski definition) is 8. The van der Waals surface area contributed by atoms with Crippen LogP contribution in [-0.4, -0.2) is 62.5 Å². The maximum atomic E-state index is 10.6. The maximum absolute atomic E-state index is 10.6. The minimum absolute atomic E-state index is 0.0444. The van der Waals surface area contributed by atoms with Gasteiger partial charge in [0.1, 0.15) is 12.1 Å². The van der Waals surface area contributed by atoms with E-state index >= 15 is 0 Å². The molecule has 0 spiro atoms. The van der Waals surface area contributed by atoms with Crippen molar-refractivity contribution in [3.63, 3.8) is 0 Å². The van der Waals surface area contributed by atoms with Crippen molar-refractivity contribution in [1.29, 1.82) is 0 Å². The molecule has 8 heteroatoms. The molecule has 26 heavy (non-hydrogen) atoms. The van der Waals surface area contributed by atoms with Crippen LogP contribution in [0.3, 0.4) is 0 Å². The third-order valence-electron chi connectivity index (χ3n) is 4.92. The zero-order valence-electron chi connectivity index (χ0n) is 15.1. The summed E-state index contributed by atoms with van der Waals surface area (Å²) in [5, 5.41) is 19.5. The number of anilines is 1. The number of para-hydroxylation sites is 1. The lowest BCUT2D eigenvalue weighted by Crippen LogP contribution is -2.40. The van der Waals surface area contributed by atoms with Crippen molar-refractivity contribution in [2.45, 2.75) is 32.5 Å². The highest BCUT2D eigenvalue weighted by Crippen LogP contribution is 2.29. The van der Waals surface area contributed by atoms with Gasteiger partial charge in [-0.05, 0) is 25.6 Å². The first-order valence-corrected chi connectivity index (χ1v) is 8.65. The minimum Gasteiger partial charge on any atom is -0.424 e. The molecular formula is C18H22N6O2. The molecule has 0 bridgehead atoms. The van der Waals surface area contributed by atoms with Crippen LogP contribution in [0.2, 0.25) is 0 Å². The second-order valence-corrected chi connectivity index (χ2v) is 6.84. The lowest BCUT2D eigenvalue weighted by Gasteiger charge is -2.25.